The number of halogens is 1. The van der Waals surface area contributed by atoms with Crippen LogP contribution in [0.5, 0.6) is 0 Å². The number of hydrogen-bond acceptors (Lipinski definition) is 3. The van der Waals surface area contributed by atoms with Gasteiger partial charge in [0, 0.05) is 10.7 Å². The fraction of sp³-hybridized carbons (Fsp3) is 0.143. The molecule has 0 saturated carbocycles. The van der Waals surface area contributed by atoms with Crippen LogP contribution in [-0.4, -0.2) is 14.5 Å². The van der Waals surface area contributed by atoms with Crippen molar-refractivity contribution in [2.75, 3.05) is 5.73 Å². The summed E-state index contributed by atoms with van der Waals surface area (Å²) in [6.07, 6.45) is 1.80. The molecule has 0 aliphatic rings. The van der Waals surface area contributed by atoms with Crippen molar-refractivity contribution in [1.29, 1.82) is 0 Å². The number of fused-ring (bicyclic) bond motifs is 1. The van der Waals surface area contributed by atoms with E-state index in [2.05, 4.69) is 25.9 Å². The minimum atomic E-state index is 0.512. The number of nitrogen functional groups attached to an aromatic ring is 1. The predicted molar refractivity (Wildman–Crippen MR) is 79.9 cm³/mol. The molecule has 0 atom stereocenters. The van der Waals surface area contributed by atoms with Gasteiger partial charge in [0.05, 0.1) is 23.3 Å². The highest BCUT2D eigenvalue weighted by molar-refractivity contribution is 9.10. The van der Waals surface area contributed by atoms with Crippen LogP contribution in [-0.2, 0) is 6.54 Å². The van der Waals surface area contributed by atoms with E-state index in [-0.39, 0.29) is 0 Å². The summed E-state index contributed by atoms with van der Waals surface area (Å²) in [7, 11) is 0. The molecule has 2 heterocycles. The summed E-state index contributed by atoms with van der Waals surface area (Å²) in [5.74, 6) is 0.512. The number of benzene rings is 1. The van der Waals surface area contributed by atoms with Gasteiger partial charge in [-0.3, -0.25) is 4.98 Å². The Balaban J connectivity index is 2.10. The zero-order valence-electron chi connectivity index (χ0n) is 10.5. The number of rotatable bonds is 2. The number of pyridine rings is 1. The molecular weight excluding hydrogens is 304 g/mol. The molecule has 96 valence electrons. The molecule has 5 heteroatoms. The third-order valence-electron chi connectivity index (χ3n) is 3.17. The number of aryl methyl sites for hydroxylation is 1. The summed E-state index contributed by atoms with van der Waals surface area (Å²) in [6, 6.07) is 9.96. The van der Waals surface area contributed by atoms with E-state index in [4.69, 9.17) is 5.73 Å². The van der Waals surface area contributed by atoms with Crippen LogP contribution in [0.15, 0.2) is 41.0 Å². The van der Waals surface area contributed by atoms with E-state index in [0.717, 1.165) is 26.8 Å². The fourth-order valence-corrected chi connectivity index (χ4v) is 2.47. The van der Waals surface area contributed by atoms with Crippen molar-refractivity contribution >= 4 is 32.9 Å². The maximum atomic E-state index is 6.01. The molecule has 0 aliphatic heterocycles. The van der Waals surface area contributed by atoms with Crippen molar-refractivity contribution < 1.29 is 0 Å². The number of nitrogens with two attached hydrogens (primary N) is 1. The van der Waals surface area contributed by atoms with Gasteiger partial charge in [0.25, 0.3) is 0 Å². The standard InChI is InChI=1S/C14H13BrN4/c1-9-3-2-6-17-12(9)8-19-13-5-4-10(15)7-11(13)18-14(19)16/h2-7H,8H2,1H3,(H2,16,18). The Morgan fingerprint density at radius 2 is 2.16 bits per heavy atom. The van der Waals surface area contributed by atoms with Gasteiger partial charge in [-0.1, -0.05) is 22.0 Å². The highest BCUT2D eigenvalue weighted by Crippen LogP contribution is 2.23. The molecule has 4 nitrogen and oxygen atoms in total. The zero-order valence-corrected chi connectivity index (χ0v) is 12.1. The predicted octanol–water partition coefficient (Wildman–Crippen LogP) is 3.13. The van der Waals surface area contributed by atoms with Crippen molar-refractivity contribution in [2.45, 2.75) is 13.5 Å². The second-order valence-corrected chi connectivity index (χ2v) is 5.37. The topological polar surface area (TPSA) is 56.7 Å². The van der Waals surface area contributed by atoms with E-state index in [1.54, 1.807) is 6.20 Å². The number of anilines is 1. The molecule has 0 unspecified atom stereocenters. The van der Waals surface area contributed by atoms with Crippen LogP contribution in [0.1, 0.15) is 11.3 Å². The lowest BCUT2D eigenvalue weighted by atomic mass is 10.2. The normalized spacial score (nSPS) is 11.1. The quantitative estimate of drug-likeness (QED) is 0.790. The Kier molecular flexibility index (Phi) is 2.98. The Labute approximate surface area is 119 Å². The van der Waals surface area contributed by atoms with Crippen molar-refractivity contribution in [3.05, 3.63) is 52.3 Å². The molecule has 2 N–H and O–H groups in total. The second-order valence-electron chi connectivity index (χ2n) is 4.46. The molecule has 0 fully saturated rings. The van der Waals surface area contributed by atoms with Crippen LogP contribution in [0.25, 0.3) is 11.0 Å². The molecule has 3 rings (SSSR count). The van der Waals surface area contributed by atoms with Crippen molar-refractivity contribution in [3.63, 3.8) is 0 Å². The SMILES string of the molecule is Cc1cccnc1Cn1c(N)nc2cc(Br)ccc21. The summed E-state index contributed by atoms with van der Waals surface area (Å²) >= 11 is 3.44. The maximum absolute atomic E-state index is 6.01. The lowest BCUT2D eigenvalue weighted by Crippen LogP contribution is -2.07. The zero-order chi connectivity index (χ0) is 13.4. The van der Waals surface area contributed by atoms with Crippen LogP contribution in [0.3, 0.4) is 0 Å². The molecule has 3 aromatic rings. The van der Waals surface area contributed by atoms with E-state index in [1.807, 2.05) is 41.8 Å². The Morgan fingerprint density at radius 1 is 1.32 bits per heavy atom. The summed E-state index contributed by atoms with van der Waals surface area (Å²) in [6.45, 7) is 2.69. The summed E-state index contributed by atoms with van der Waals surface area (Å²) in [5, 5.41) is 0. The third kappa shape index (κ3) is 2.21. The monoisotopic (exact) mass is 316 g/mol. The molecule has 0 radical (unpaired) electrons. The molecule has 0 spiro atoms. The van der Waals surface area contributed by atoms with E-state index < -0.39 is 0 Å². The molecule has 1 aromatic carbocycles. The minimum Gasteiger partial charge on any atom is -0.369 e. The highest BCUT2D eigenvalue weighted by Gasteiger charge is 2.10. The molecule has 0 bridgehead atoms. The van der Waals surface area contributed by atoms with Crippen molar-refractivity contribution in [1.82, 2.24) is 14.5 Å². The number of nitrogens with zero attached hydrogens (tertiary/aromatic N) is 3. The van der Waals surface area contributed by atoms with Gasteiger partial charge in [0.2, 0.25) is 5.95 Å². The molecule has 19 heavy (non-hydrogen) atoms. The molecule has 0 aliphatic carbocycles. The van der Waals surface area contributed by atoms with Gasteiger partial charge in [-0.15, -0.1) is 0 Å². The first-order valence-electron chi connectivity index (χ1n) is 5.97. The molecular formula is C14H13BrN4. The Bertz CT molecular complexity index is 748. The van der Waals surface area contributed by atoms with E-state index in [1.165, 1.54) is 0 Å². The number of aromatic nitrogens is 3. The molecule has 0 amide bonds. The van der Waals surface area contributed by atoms with Crippen LogP contribution in [0.2, 0.25) is 0 Å². The third-order valence-corrected chi connectivity index (χ3v) is 3.66. The first-order valence-corrected chi connectivity index (χ1v) is 6.76. The van der Waals surface area contributed by atoms with Gasteiger partial charge in [0.15, 0.2) is 0 Å². The van der Waals surface area contributed by atoms with Crippen LogP contribution in [0.4, 0.5) is 5.95 Å². The fourth-order valence-electron chi connectivity index (χ4n) is 2.12. The summed E-state index contributed by atoms with van der Waals surface area (Å²) < 4.78 is 2.98. The number of hydrogen-bond donors (Lipinski definition) is 1. The van der Waals surface area contributed by atoms with Gasteiger partial charge in [-0.05, 0) is 36.8 Å². The lowest BCUT2D eigenvalue weighted by Gasteiger charge is -2.08. The minimum absolute atomic E-state index is 0.512. The Morgan fingerprint density at radius 3 is 2.95 bits per heavy atom. The van der Waals surface area contributed by atoms with Crippen LogP contribution in [0, 0.1) is 6.92 Å². The van der Waals surface area contributed by atoms with Crippen LogP contribution >= 0.6 is 15.9 Å². The first kappa shape index (κ1) is 12.2. The molecule has 0 saturated heterocycles. The highest BCUT2D eigenvalue weighted by atomic mass is 79.9. The van der Waals surface area contributed by atoms with Crippen molar-refractivity contribution in [3.8, 4) is 0 Å². The largest absolute Gasteiger partial charge is 0.369 e. The number of imidazole rings is 1. The first-order chi connectivity index (χ1) is 9.15. The van der Waals surface area contributed by atoms with Gasteiger partial charge < -0.3 is 10.3 Å². The summed E-state index contributed by atoms with van der Waals surface area (Å²) in [5.41, 5.74) is 10.1. The second kappa shape index (κ2) is 4.66. The smallest absolute Gasteiger partial charge is 0.201 e. The molecule has 2 aromatic heterocycles. The van der Waals surface area contributed by atoms with Crippen LogP contribution < -0.4 is 5.73 Å². The van der Waals surface area contributed by atoms with Gasteiger partial charge in [0.1, 0.15) is 0 Å². The van der Waals surface area contributed by atoms with Gasteiger partial charge >= 0.3 is 0 Å². The Hall–Kier alpha value is -1.88. The maximum Gasteiger partial charge on any atom is 0.201 e. The average Bonchev–Trinajstić information content (AvgIpc) is 2.68. The van der Waals surface area contributed by atoms with E-state index >= 15 is 0 Å². The van der Waals surface area contributed by atoms with E-state index in [0.29, 0.717) is 12.5 Å². The van der Waals surface area contributed by atoms with E-state index in [9.17, 15) is 0 Å². The average molecular weight is 317 g/mol. The van der Waals surface area contributed by atoms with Gasteiger partial charge in [-0.25, -0.2) is 4.98 Å². The summed E-state index contributed by atoms with van der Waals surface area (Å²) in [4.78, 5) is 8.79. The van der Waals surface area contributed by atoms with Gasteiger partial charge in [-0.2, -0.15) is 0 Å². The van der Waals surface area contributed by atoms with Crippen molar-refractivity contribution in [2.24, 2.45) is 0 Å². The lowest BCUT2D eigenvalue weighted by molar-refractivity contribution is 0.802.